The molecule has 4 atom stereocenters. The van der Waals surface area contributed by atoms with Crippen molar-refractivity contribution in [2.45, 2.75) is 52.2 Å². The van der Waals surface area contributed by atoms with Crippen molar-refractivity contribution >= 4 is 10.2 Å². The van der Waals surface area contributed by atoms with E-state index in [0.717, 1.165) is 25.9 Å². The maximum Gasteiger partial charge on any atom is 0.282 e. The maximum absolute atomic E-state index is 13.0. The van der Waals surface area contributed by atoms with E-state index in [2.05, 4.69) is 20.8 Å². The van der Waals surface area contributed by atoms with Crippen LogP contribution in [0.15, 0.2) is 0 Å². The zero-order chi connectivity index (χ0) is 15.4. The molecule has 3 fully saturated rings. The minimum absolute atomic E-state index is 0.0623. The molecule has 0 N–H and O–H groups in total. The molecule has 0 bridgehead atoms. The lowest BCUT2D eigenvalue weighted by atomic mass is 9.57. The second-order valence-corrected chi connectivity index (χ2v) is 9.63. The van der Waals surface area contributed by atoms with Crippen LogP contribution in [0.1, 0.15) is 40.0 Å². The van der Waals surface area contributed by atoms with Crippen molar-refractivity contribution in [2.75, 3.05) is 26.7 Å². The fourth-order valence-corrected chi connectivity index (χ4v) is 6.60. The third-order valence-electron chi connectivity index (χ3n) is 5.74. The van der Waals surface area contributed by atoms with Gasteiger partial charge in [-0.25, -0.2) is 0 Å². The maximum atomic E-state index is 13.0. The summed E-state index contributed by atoms with van der Waals surface area (Å²) in [5, 5.41) is 0. The van der Waals surface area contributed by atoms with Gasteiger partial charge in [-0.3, -0.25) is 0 Å². The van der Waals surface area contributed by atoms with Crippen molar-refractivity contribution in [3.63, 3.8) is 0 Å². The minimum atomic E-state index is -3.35. The lowest BCUT2D eigenvalue weighted by Crippen LogP contribution is -2.68. The van der Waals surface area contributed by atoms with Crippen LogP contribution in [-0.4, -0.2) is 55.9 Å². The Morgan fingerprint density at radius 1 is 1.29 bits per heavy atom. The lowest BCUT2D eigenvalue weighted by Gasteiger charge is -2.57. The SMILES string of the molecule is C[C@@H]1CCCN(S(=O)(=O)N(C)[C@@H]2[C@@H]3CCO[C@@H]3C2(C)C)C1. The van der Waals surface area contributed by atoms with Gasteiger partial charge in [0, 0.05) is 44.1 Å². The summed E-state index contributed by atoms with van der Waals surface area (Å²) in [7, 11) is -1.59. The number of nitrogens with zero attached hydrogens (tertiary/aromatic N) is 2. The summed E-state index contributed by atoms with van der Waals surface area (Å²) in [5.41, 5.74) is -0.0929. The van der Waals surface area contributed by atoms with Crippen LogP contribution in [0, 0.1) is 17.3 Å². The number of fused-ring (bicyclic) bond motifs is 1. The first-order valence-electron chi connectivity index (χ1n) is 8.11. The largest absolute Gasteiger partial charge is 0.377 e. The lowest BCUT2D eigenvalue weighted by molar-refractivity contribution is -0.132. The van der Waals surface area contributed by atoms with E-state index in [1.165, 1.54) is 0 Å². The van der Waals surface area contributed by atoms with E-state index in [-0.39, 0.29) is 17.6 Å². The zero-order valence-corrected chi connectivity index (χ0v) is 14.4. The Balaban J connectivity index is 1.79. The molecular weight excluding hydrogens is 288 g/mol. The van der Waals surface area contributed by atoms with Crippen molar-refractivity contribution in [1.29, 1.82) is 0 Å². The van der Waals surface area contributed by atoms with Gasteiger partial charge in [0.2, 0.25) is 0 Å². The summed E-state index contributed by atoms with van der Waals surface area (Å²) in [6.45, 7) is 8.49. The van der Waals surface area contributed by atoms with Gasteiger partial charge in [0.25, 0.3) is 10.2 Å². The third-order valence-corrected chi connectivity index (χ3v) is 7.68. The van der Waals surface area contributed by atoms with E-state index < -0.39 is 10.2 Å². The van der Waals surface area contributed by atoms with Crippen molar-refractivity contribution in [3.8, 4) is 0 Å². The predicted molar refractivity (Wildman–Crippen MR) is 82.1 cm³/mol. The molecule has 0 aromatic carbocycles. The first-order chi connectivity index (χ1) is 9.76. The Kier molecular flexibility index (Phi) is 3.88. The van der Waals surface area contributed by atoms with E-state index in [0.29, 0.717) is 24.9 Å². The van der Waals surface area contributed by atoms with Gasteiger partial charge in [-0.2, -0.15) is 17.0 Å². The topological polar surface area (TPSA) is 49.9 Å². The molecule has 3 rings (SSSR count). The second kappa shape index (κ2) is 5.18. The number of rotatable bonds is 3. The fourth-order valence-electron chi connectivity index (χ4n) is 4.72. The molecular formula is C15H28N2O3S. The van der Waals surface area contributed by atoms with Crippen molar-refractivity contribution in [1.82, 2.24) is 8.61 Å². The number of piperidine rings is 1. The molecule has 122 valence electrons. The number of hydrogen-bond donors (Lipinski definition) is 0. The Hall–Kier alpha value is -0.170. The van der Waals surface area contributed by atoms with Gasteiger partial charge in [-0.05, 0) is 25.2 Å². The summed E-state index contributed by atoms with van der Waals surface area (Å²) in [6.07, 6.45) is 3.30. The average molecular weight is 316 g/mol. The second-order valence-electron chi connectivity index (χ2n) is 7.64. The van der Waals surface area contributed by atoms with Gasteiger partial charge in [-0.15, -0.1) is 0 Å². The highest BCUT2D eigenvalue weighted by atomic mass is 32.2. The molecule has 3 aliphatic rings. The van der Waals surface area contributed by atoms with Gasteiger partial charge >= 0.3 is 0 Å². The Bertz CT molecular complexity index is 505. The standard InChI is InChI=1S/C15H28N2O3S/c1-11-6-5-8-17(10-11)21(18,19)16(4)13-12-7-9-20-14(12)15(13,2)3/h11-14H,5-10H2,1-4H3/t11-,12+,13-,14+/m1/s1. The Morgan fingerprint density at radius 3 is 2.67 bits per heavy atom. The van der Waals surface area contributed by atoms with Gasteiger partial charge in [0.1, 0.15) is 0 Å². The minimum Gasteiger partial charge on any atom is -0.377 e. The average Bonchev–Trinajstić information content (AvgIpc) is 2.84. The van der Waals surface area contributed by atoms with Crippen LogP contribution in [0.2, 0.25) is 0 Å². The molecule has 0 unspecified atom stereocenters. The van der Waals surface area contributed by atoms with Gasteiger partial charge < -0.3 is 4.74 Å². The number of ether oxygens (including phenoxy) is 1. The van der Waals surface area contributed by atoms with Crippen LogP contribution in [0.5, 0.6) is 0 Å². The molecule has 0 radical (unpaired) electrons. The highest BCUT2D eigenvalue weighted by molar-refractivity contribution is 7.86. The first kappa shape index (κ1) is 15.7. The van der Waals surface area contributed by atoms with Crippen LogP contribution in [0.3, 0.4) is 0 Å². The van der Waals surface area contributed by atoms with Gasteiger partial charge in [0.15, 0.2) is 0 Å². The van der Waals surface area contributed by atoms with Crippen molar-refractivity contribution < 1.29 is 13.2 Å². The molecule has 1 aliphatic carbocycles. The van der Waals surface area contributed by atoms with E-state index >= 15 is 0 Å². The molecule has 21 heavy (non-hydrogen) atoms. The summed E-state index contributed by atoms with van der Waals surface area (Å²) in [6, 6.07) is 0.0623. The summed E-state index contributed by atoms with van der Waals surface area (Å²) < 4.78 is 35.0. The normalized spacial score (nSPS) is 40.0. The monoisotopic (exact) mass is 316 g/mol. The molecule has 2 saturated heterocycles. The smallest absolute Gasteiger partial charge is 0.282 e. The molecule has 2 aliphatic heterocycles. The van der Waals surface area contributed by atoms with Crippen LogP contribution in [-0.2, 0) is 14.9 Å². The van der Waals surface area contributed by atoms with E-state index in [1.54, 1.807) is 15.7 Å². The number of hydrogen-bond acceptors (Lipinski definition) is 3. The van der Waals surface area contributed by atoms with Crippen molar-refractivity contribution in [2.24, 2.45) is 17.3 Å². The molecule has 0 aromatic heterocycles. The van der Waals surface area contributed by atoms with E-state index in [4.69, 9.17) is 4.74 Å². The molecule has 2 heterocycles. The first-order valence-corrected chi connectivity index (χ1v) is 9.50. The molecule has 0 amide bonds. The fraction of sp³-hybridized carbons (Fsp3) is 1.00. The highest BCUT2D eigenvalue weighted by Gasteiger charge is 2.62. The zero-order valence-electron chi connectivity index (χ0n) is 13.6. The molecule has 0 spiro atoms. The molecule has 6 heteroatoms. The van der Waals surface area contributed by atoms with Gasteiger partial charge in [-0.1, -0.05) is 20.8 Å². The molecule has 0 aromatic rings. The predicted octanol–water partition coefficient (Wildman–Crippen LogP) is 1.71. The van der Waals surface area contributed by atoms with Gasteiger partial charge in [0.05, 0.1) is 6.10 Å². The summed E-state index contributed by atoms with van der Waals surface area (Å²) in [4.78, 5) is 0. The van der Waals surface area contributed by atoms with Crippen LogP contribution >= 0.6 is 0 Å². The van der Waals surface area contributed by atoms with E-state index in [9.17, 15) is 8.42 Å². The van der Waals surface area contributed by atoms with Crippen molar-refractivity contribution in [3.05, 3.63) is 0 Å². The highest BCUT2D eigenvalue weighted by Crippen LogP contribution is 2.54. The third kappa shape index (κ3) is 2.35. The summed E-state index contributed by atoms with van der Waals surface area (Å²) in [5.74, 6) is 0.820. The van der Waals surface area contributed by atoms with E-state index in [1.807, 2.05) is 0 Å². The molecule has 1 saturated carbocycles. The Morgan fingerprint density at radius 2 is 2.00 bits per heavy atom. The molecule has 5 nitrogen and oxygen atoms in total. The summed E-state index contributed by atoms with van der Waals surface area (Å²) >= 11 is 0. The quantitative estimate of drug-likeness (QED) is 0.796. The Labute approximate surface area is 128 Å². The van der Waals surface area contributed by atoms with Crippen LogP contribution in [0.4, 0.5) is 0 Å². The van der Waals surface area contributed by atoms with Crippen LogP contribution in [0.25, 0.3) is 0 Å². The van der Waals surface area contributed by atoms with Crippen LogP contribution < -0.4 is 0 Å².